The highest BCUT2D eigenvalue weighted by atomic mass is 16.6. The van der Waals surface area contributed by atoms with E-state index in [2.05, 4.69) is 33.0 Å². The summed E-state index contributed by atoms with van der Waals surface area (Å²) in [4.78, 5) is 0. The van der Waals surface area contributed by atoms with Gasteiger partial charge in [-0.05, 0) is 24.7 Å². The van der Waals surface area contributed by atoms with Crippen molar-refractivity contribution in [2.45, 2.75) is 64.7 Å². The number of hydrogen-bond donors (Lipinski definition) is 1. The summed E-state index contributed by atoms with van der Waals surface area (Å²) in [6, 6.07) is 0. The molecule has 2 saturated heterocycles. The van der Waals surface area contributed by atoms with Crippen LogP contribution in [0.1, 0.15) is 53.4 Å². The maximum Gasteiger partial charge on any atom is 0.120 e. The van der Waals surface area contributed by atoms with Crippen LogP contribution in [0.2, 0.25) is 0 Å². The summed E-state index contributed by atoms with van der Waals surface area (Å²) in [6.45, 7) is 12.0. The maximum atomic E-state index is 6.70. The molecular formula is C15H27NO2. The van der Waals surface area contributed by atoms with Crippen molar-refractivity contribution in [1.82, 2.24) is 5.32 Å². The Hall–Kier alpha value is -0.120. The number of hydrogen-bond acceptors (Lipinski definition) is 3. The second-order valence-electron chi connectivity index (χ2n) is 7.97. The van der Waals surface area contributed by atoms with Crippen molar-refractivity contribution in [1.29, 1.82) is 0 Å². The van der Waals surface area contributed by atoms with Crippen molar-refractivity contribution in [2.75, 3.05) is 19.8 Å². The van der Waals surface area contributed by atoms with E-state index in [1.54, 1.807) is 0 Å². The molecule has 2 aliphatic heterocycles. The highest BCUT2D eigenvalue weighted by Gasteiger charge is 2.59. The van der Waals surface area contributed by atoms with Crippen LogP contribution < -0.4 is 5.32 Å². The molecule has 1 aliphatic carbocycles. The Balaban J connectivity index is 1.86. The molecule has 3 aliphatic rings. The third-order valence-electron chi connectivity index (χ3n) is 5.43. The highest BCUT2D eigenvalue weighted by Crippen LogP contribution is 2.53. The van der Waals surface area contributed by atoms with E-state index in [0.29, 0.717) is 5.41 Å². The molecule has 1 saturated carbocycles. The molecular weight excluding hydrogens is 226 g/mol. The summed E-state index contributed by atoms with van der Waals surface area (Å²) < 4.78 is 12.4. The first-order chi connectivity index (χ1) is 8.29. The Bertz CT molecular complexity index is 344. The van der Waals surface area contributed by atoms with E-state index in [1.165, 1.54) is 6.42 Å². The van der Waals surface area contributed by atoms with Crippen LogP contribution in [0.15, 0.2) is 0 Å². The number of rotatable bonds is 0. The lowest BCUT2D eigenvalue weighted by molar-refractivity contribution is -0.249. The smallest absolute Gasteiger partial charge is 0.120 e. The van der Waals surface area contributed by atoms with E-state index in [4.69, 9.17) is 9.47 Å². The molecule has 3 heteroatoms. The fourth-order valence-electron chi connectivity index (χ4n) is 3.98. The molecule has 0 aromatic heterocycles. The van der Waals surface area contributed by atoms with Crippen molar-refractivity contribution in [3.63, 3.8) is 0 Å². The van der Waals surface area contributed by atoms with Gasteiger partial charge in [0.05, 0.1) is 6.61 Å². The van der Waals surface area contributed by atoms with Gasteiger partial charge in [0.2, 0.25) is 0 Å². The second-order valence-corrected chi connectivity index (χ2v) is 7.97. The number of nitrogens with one attached hydrogen (secondary N) is 1. The van der Waals surface area contributed by atoms with Crippen molar-refractivity contribution in [2.24, 2.45) is 10.8 Å². The molecule has 1 N–H and O–H groups in total. The lowest BCUT2D eigenvalue weighted by atomic mass is 9.72. The summed E-state index contributed by atoms with van der Waals surface area (Å²) in [7, 11) is 0. The molecule has 104 valence electrons. The highest BCUT2D eigenvalue weighted by molar-refractivity contribution is 5.08. The van der Waals surface area contributed by atoms with E-state index in [9.17, 15) is 0 Å². The average molecular weight is 253 g/mol. The Labute approximate surface area is 111 Å². The van der Waals surface area contributed by atoms with E-state index in [0.717, 1.165) is 39.0 Å². The zero-order valence-corrected chi connectivity index (χ0v) is 12.3. The van der Waals surface area contributed by atoms with Crippen molar-refractivity contribution in [3.8, 4) is 0 Å². The minimum absolute atomic E-state index is 0.0708. The molecule has 0 aromatic rings. The van der Waals surface area contributed by atoms with Crippen LogP contribution >= 0.6 is 0 Å². The van der Waals surface area contributed by atoms with E-state index in [-0.39, 0.29) is 16.7 Å². The van der Waals surface area contributed by atoms with Gasteiger partial charge < -0.3 is 9.47 Å². The molecule has 2 heterocycles. The molecule has 0 bridgehead atoms. The van der Waals surface area contributed by atoms with Crippen LogP contribution in [0.3, 0.4) is 0 Å². The summed E-state index contributed by atoms with van der Waals surface area (Å²) in [5.41, 5.74) is 0.391. The molecule has 2 atom stereocenters. The van der Waals surface area contributed by atoms with Gasteiger partial charge in [-0.15, -0.1) is 0 Å². The first-order valence-corrected chi connectivity index (χ1v) is 7.31. The standard InChI is InChI=1S/C15H27NO2/c1-12(2)5-6-15(9-12)16-10-13(3,4)14(18-15)7-8-17-11-14/h16H,5-11H2,1-4H3. The lowest BCUT2D eigenvalue weighted by Gasteiger charge is -2.54. The quantitative estimate of drug-likeness (QED) is 0.720. The predicted octanol–water partition coefficient (Wildman–Crippen LogP) is 2.70. The topological polar surface area (TPSA) is 30.5 Å². The molecule has 3 rings (SSSR count). The summed E-state index contributed by atoms with van der Waals surface area (Å²) in [5, 5.41) is 3.71. The van der Waals surface area contributed by atoms with E-state index in [1.807, 2.05) is 0 Å². The van der Waals surface area contributed by atoms with Gasteiger partial charge in [-0.2, -0.15) is 0 Å². The minimum Gasteiger partial charge on any atom is -0.378 e. The zero-order valence-electron chi connectivity index (χ0n) is 12.3. The van der Waals surface area contributed by atoms with Gasteiger partial charge in [0, 0.05) is 25.0 Å². The monoisotopic (exact) mass is 253 g/mol. The zero-order chi connectivity index (χ0) is 13.1. The summed E-state index contributed by atoms with van der Waals surface area (Å²) >= 11 is 0. The summed E-state index contributed by atoms with van der Waals surface area (Å²) in [6.07, 6.45) is 4.55. The Kier molecular flexibility index (Phi) is 2.66. The Morgan fingerprint density at radius 2 is 1.78 bits per heavy atom. The van der Waals surface area contributed by atoms with Gasteiger partial charge in [0.25, 0.3) is 0 Å². The van der Waals surface area contributed by atoms with Gasteiger partial charge in [-0.1, -0.05) is 27.7 Å². The maximum absolute atomic E-state index is 6.70. The van der Waals surface area contributed by atoms with Gasteiger partial charge in [-0.25, -0.2) is 0 Å². The molecule has 18 heavy (non-hydrogen) atoms. The molecule has 0 amide bonds. The van der Waals surface area contributed by atoms with Gasteiger partial charge in [-0.3, -0.25) is 5.32 Å². The van der Waals surface area contributed by atoms with E-state index < -0.39 is 0 Å². The van der Waals surface area contributed by atoms with Crippen molar-refractivity contribution in [3.05, 3.63) is 0 Å². The molecule has 3 nitrogen and oxygen atoms in total. The minimum atomic E-state index is -0.0906. The second kappa shape index (κ2) is 3.71. The molecule has 0 aromatic carbocycles. The first-order valence-electron chi connectivity index (χ1n) is 7.31. The average Bonchev–Trinajstić information content (AvgIpc) is 2.82. The number of ether oxygens (including phenoxy) is 2. The van der Waals surface area contributed by atoms with Gasteiger partial charge >= 0.3 is 0 Å². The lowest BCUT2D eigenvalue weighted by Crippen LogP contribution is -2.67. The van der Waals surface area contributed by atoms with Crippen LogP contribution in [0.4, 0.5) is 0 Å². The van der Waals surface area contributed by atoms with Crippen LogP contribution in [0.5, 0.6) is 0 Å². The van der Waals surface area contributed by atoms with Crippen LogP contribution in [-0.4, -0.2) is 31.1 Å². The van der Waals surface area contributed by atoms with E-state index >= 15 is 0 Å². The summed E-state index contributed by atoms with van der Waals surface area (Å²) in [5.74, 6) is 0. The molecule has 2 unspecified atom stereocenters. The van der Waals surface area contributed by atoms with Crippen molar-refractivity contribution < 1.29 is 9.47 Å². The SMILES string of the molecule is CC1(C)CCC2(C1)NCC(C)(C)C1(CCOC1)O2. The predicted molar refractivity (Wildman–Crippen MR) is 71.4 cm³/mol. The first kappa shape index (κ1) is 12.9. The van der Waals surface area contributed by atoms with Crippen LogP contribution in [0, 0.1) is 10.8 Å². The fraction of sp³-hybridized carbons (Fsp3) is 1.00. The third kappa shape index (κ3) is 1.83. The largest absolute Gasteiger partial charge is 0.378 e. The Morgan fingerprint density at radius 3 is 2.33 bits per heavy atom. The fourth-order valence-corrected chi connectivity index (χ4v) is 3.98. The van der Waals surface area contributed by atoms with Crippen molar-refractivity contribution >= 4 is 0 Å². The molecule has 0 radical (unpaired) electrons. The van der Waals surface area contributed by atoms with Crippen LogP contribution in [-0.2, 0) is 9.47 Å². The molecule has 3 fully saturated rings. The normalized spacial score (nSPS) is 46.0. The van der Waals surface area contributed by atoms with Crippen LogP contribution in [0.25, 0.3) is 0 Å². The Morgan fingerprint density at radius 1 is 1.00 bits per heavy atom. The van der Waals surface area contributed by atoms with Gasteiger partial charge in [0.1, 0.15) is 11.3 Å². The molecule has 2 spiro atoms. The third-order valence-corrected chi connectivity index (χ3v) is 5.43. The van der Waals surface area contributed by atoms with Gasteiger partial charge in [0.15, 0.2) is 0 Å².